The van der Waals surface area contributed by atoms with Gasteiger partial charge in [-0.15, -0.1) is 5.73 Å². The highest BCUT2D eigenvalue weighted by Crippen LogP contribution is 2.44. The summed E-state index contributed by atoms with van der Waals surface area (Å²) >= 11 is 0. The number of nitrogens with zero attached hydrogens (tertiary/aromatic N) is 2. The molecule has 1 aliphatic carbocycles. The highest BCUT2D eigenvalue weighted by molar-refractivity contribution is 6.15. The largest absolute Gasteiger partial charge is 0.316 e. The first kappa shape index (κ1) is 36.9. The molecule has 0 spiro atoms. The third-order valence-electron chi connectivity index (χ3n) is 12.2. The molecule has 2 nitrogen and oxygen atoms in total. The lowest BCUT2D eigenvalue weighted by atomic mass is 9.85. The predicted molar refractivity (Wildman–Crippen MR) is 266 cm³/mol. The van der Waals surface area contributed by atoms with E-state index in [1.54, 1.807) is 0 Å². The van der Waals surface area contributed by atoms with Crippen LogP contribution in [0.25, 0.3) is 89.0 Å². The van der Waals surface area contributed by atoms with E-state index in [0.717, 1.165) is 39.0 Å². The molecule has 0 fully saturated rings. The number of anilines is 3. The second kappa shape index (κ2) is 15.5. The average molecular weight is 791 g/mol. The lowest BCUT2D eigenvalue weighted by molar-refractivity contribution is 1.12. The summed E-state index contributed by atoms with van der Waals surface area (Å²) in [6, 6.07) is 64.0. The lowest BCUT2D eigenvalue weighted by Crippen LogP contribution is -2.29. The van der Waals surface area contributed by atoms with Crippen LogP contribution in [-0.4, -0.2) is 4.57 Å². The molecule has 62 heavy (non-hydrogen) atoms. The Bertz CT molecular complexity index is 3630. The predicted octanol–water partition coefficient (Wildman–Crippen LogP) is 14.7. The standard InChI is InChI=1S/C60H42N2/c1-3-4-18-43-40-61(57-30-16-15-24-48(43)57)44-32-34-46(35-33-44)62(45-21-7-5-8-22-45)58-38-37-54(49-25-13-14-26-50(49)58)59-52-27-9-6-10-28-53(52)60(56-39-41(2)31-36-55(56)59)51-29-17-20-42-19-11-12-23-47(42)51/h3-26,28-40H,1H2,2H3/b18-4-. The quantitative estimate of drug-likeness (QED) is 0.139. The van der Waals surface area contributed by atoms with Crippen LogP contribution in [0.5, 0.6) is 0 Å². The number of hydrogen-bond acceptors (Lipinski definition) is 1. The van der Waals surface area contributed by atoms with Crippen molar-refractivity contribution >= 4 is 78.2 Å². The normalized spacial score (nSPS) is 12.1. The van der Waals surface area contributed by atoms with E-state index < -0.39 is 0 Å². The molecule has 1 aromatic heterocycles. The van der Waals surface area contributed by atoms with E-state index in [1.807, 2.05) is 12.2 Å². The maximum absolute atomic E-state index is 3.89. The first-order valence-corrected chi connectivity index (χ1v) is 21.2. The van der Waals surface area contributed by atoms with Crippen LogP contribution in [-0.2, 0) is 0 Å². The molecular formula is C60H42N2. The molecule has 2 heteroatoms. The van der Waals surface area contributed by atoms with Gasteiger partial charge in [0, 0.05) is 50.4 Å². The van der Waals surface area contributed by atoms with Gasteiger partial charge in [0.25, 0.3) is 0 Å². The molecular weight excluding hydrogens is 749 g/mol. The van der Waals surface area contributed by atoms with Gasteiger partial charge in [0.1, 0.15) is 0 Å². The van der Waals surface area contributed by atoms with Crippen molar-refractivity contribution in [2.45, 2.75) is 6.92 Å². The van der Waals surface area contributed by atoms with Gasteiger partial charge < -0.3 is 9.47 Å². The van der Waals surface area contributed by atoms with Crippen molar-refractivity contribution in [3.05, 3.63) is 241 Å². The number of hydrogen-bond donors (Lipinski definition) is 0. The van der Waals surface area contributed by atoms with Crippen molar-refractivity contribution in [3.63, 3.8) is 0 Å². The Hall–Kier alpha value is -8.16. The second-order valence-corrected chi connectivity index (χ2v) is 15.9. The molecule has 292 valence electrons. The molecule has 0 aliphatic heterocycles. The van der Waals surface area contributed by atoms with Gasteiger partial charge in [-0.05, 0) is 110 Å². The zero-order chi connectivity index (χ0) is 41.6. The first-order chi connectivity index (χ1) is 30.7. The minimum absolute atomic E-state index is 1.08. The van der Waals surface area contributed by atoms with E-state index in [0.29, 0.717) is 0 Å². The zero-order valence-electron chi connectivity index (χ0n) is 34.5. The van der Waals surface area contributed by atoms with Gasteiger partial charge in [0.2, 0.25) is 0 Å². The highest BCUT2D eigenvalue weighted by atomic mass is 15.1. The molecule has 11 rings (SSSR count). The first-order valence-electron chi connectivity index (χ1n) is 21.2. The van der Waals surface area contributed by atoms with E-state index in [9.17, 15) is 0 Å². The Labute approximate surface area is 361 Å². The van der Waals surface area contributed by atoms with Crippen LogP contribution in [0.4, 0.5) is 17.1 Å². The maximum Gasteiger partial charge on any atom is 0.0540 e. The highest BCUT2D eigenvalue weighted by Gasteiger charge is 2.22. The van der Waals surface area contributed by atoms with Crippen LogP contribution >= 0.6 is 0 Å². The van der Waals surface area contributed by atoms with Crippen LogP contribution < -0.4 is 15.3 Å². The number of aryl methyl sites for hydroxylation is 1. The van der Waals surface area contributed by atoms with E-state index in [4.69, 9.17) is 0 Å². The molecule has 1 heterocycles. The summed E-state index contributed by atoms with van der Waals surface area (Å²) in [6.45, 7) is 6.08. The van der Waals surface area contributed by atoms with Crippen molar-refractivity contribution in [2.75, 3.05) is 4.90 Å². The van der Waals surface area contributed by atoms with E-state index in [-0.39, 0.29) is 0 Å². The van der Waals surface area contributed by atoms with Crippen molar-refractivity contribution in [1.82, 2.24) is 4.57 Å². The third kappa shape index (κ3) is 6.21. The summed E-state index contributed by atoms with van der Waals surface area (Å²) < 4.78 is 2.28. The minimum Gasteiger partial charge on any atom is -0.316 e. The van der Waals surface area contributed by atoms with Gasteiger partial charge in [-0.1, -0.05) is 176 Å². The molecule has 9 aromatic carbocycles. The molecule has 0 saturated heterocycles. The number of para-hydroxylation sites is 2. The van der Waals surface area contributed by atoms with Crippen LogP contribution in [0.3, 0.4) is 0 Å². The number of benzene rings is 9. The Morgan fingerprint density at radius 1 is 0.565 bits per heavy atom. The molecule has 1 aliphatic rings. The maximum atomic E-state index is 3.89. The molecule has 0 radical (unpaired) electrons. The van der Waals surface area contributed by atoms with Gasteiger partial charge in [-0.3, -0.25) is 0 Å². The number of allylic oxidation sites excluding steroid dienone is 5. The van der Waals surface area contributed by atoms with Crippen molar-refractivity contribution in [3.8, 4) is 27.9 Å². The Morgan fingerprint density at radius 3 is 2.11 bits per heavy atom. The number of fused-ring (bicyclic) bond motifs is 5. The van der Waals surface area contributed by atoms with Crippen molar-refractivity contribution < 1.29 is 0 Å². The van der Waals surface area contributed by atoms with Crippen LogP contribution in [0.2, 0.25) is 0 Å². The SMILES string of the molecule is C=C/C=C\c1cn(-c2ccc(N(c3ccccc3)c3ccc(-c4c5c(c(-c6cccc7ccccc67)c6cc(C)ccc46)=CC=CC=C=5)c4ccccc34)cc2)c2ccccc12. The monoisotopic (exact) mass is 790 g/mol. The molecule has 0 N–H and O–H groups in total. The molecule has 0 unspecified atom stereocenters. The summed E-state index contributed by atoms with van der Waals surface area (Å²) in [4.78, 5) is 2.39. The Morgan fingerprint density at radius 2 is 1.27 bits per heavy atom. The van der Waals surface area contributed by atoms with Gasteiger partial charge in [0.05, 0.1) is 11.2 Å². The lowest BCUT2D eigenvalue weighted by Gasteiger charge is -2.28. The van der Waals surface area contributed by atoms with Gasteiger partial charge in [0.15, 0.2) is 0 Å². The van der Waals surface area contributed by atoms with Gasteiger partial charge >= 0.3 is 0 Å². The van der Waals surface area contributed by atoms with Crippen LogP contribution in [0, 0.1) is 6.92 Å². The third-order valence-corrected chi connectivity index (χ3v) is 12.2. The molecule has 0 amide bonds. The topological polar surface area (TPSA) is 8.17 Å². The number of aromatic nitrogens is 1. The van der Waals surface area contributed by atoms with E-state index in [2.05, 4.69) is 241 Å². The fourth-order valence-corrected chi connectivity index (χ4v) is 9.48. The molecule has 0 saturated carbocycles. The smallest absolute Gasteiger partial charge is 0.0540 e. The molecule has 10 aromatic rings. The summed E-state index contributed by atoms with van der Waals surface area (Å²) in [5.41, 5.74) is 16.6. The molecule has 0 atom stereocenters. The zero-order valence-corrected chi connectivity index (χ0v) is 34.5. The summed E-state index contributed by atoms with van der Waals surface area (Å²) in [5, 5.41) is 10.8. The average Bonchev–Trinajstić information content (AvgIpc) is 3.52. The van der Waals surface area contributed by atoms with Crippen LogP contribution in [0.15, 0.2) is 219 Å². The fourth-order valence-electron chi connectivity index (χ4n) is 9.48. The summed E-state index contributed by atoms with van der Waals surface area (Å²) in [6.07, 6.45) is 16.7. The van der Waals surface area contributed by atoms with E-state index in [1.165, 1.54) is 70.7 Å². The molecule has 0 bridgehead atoms. The number of rotatable bonds is 8. The minimum atomic E-state index is 1.08. The Balaban J connectivity index is 1.13. The second-order valence-electron chi connectivity index (χ2n) is 15.9. The summed E-state index contributed by atoms with van der Waals surface area (Å²) in [5.74, 6) is 0. The van der Waals surface area contributed by atoms with E-state index >= 15 is 0 Å². The van der Waals surface area contributed by atoms with Crippen LogP contribution in [0.1, 0.15) is 11.1 Å². The van der Waals surface area contributed by atoms with Gasteiger partial charge in [-0.25, -0.2) is 0 Å². The van der Waals surface area contributed by atoms with Gasteiger partial charge in [-0.2, -0.15) is 0 Å². The fraction of sp³-hybridized carbons (Fsp3) is 0.0167. The summed E-state index contributed by atoms with van der Waals surface area (Å²) in [7, 11) is 0. The van der Waals surface area contributed by atoms with Crippen molar-refractivity contribution in [1.29, 1.82) is 0 Å². The van der Waals surface area contributed by atoms with Crippen molar-refractivity contribution in [2.24, 2.45) is 0 Å². The Kier molecular flexibility index (Phi) is 9.20.